The first-order valence-electron chi connectivity index (χ1n) is 6.36. The summed E-state index contributed by atoms with van der Waals surface area (Å²) < 4.78 is 0. The van der Waals surface area contributed by atoms with Gasteiger partial charge in [-0.2, -0.15) is 0 Å². The topological polar surface area (TPSA) is 84.3 Å². The average Bonchev–Trinajstić information content (AvgIpc) is 2.92. The van der Waals surface area contributed by atoms with Crippen molar-refractivity contribution in [1.29, 1.82) is 0 Å². The van der Waals surface area contributed by atoms with Gasteiger partial charge in [0, 0.05) is 12.1 Å². The molecule has 0 radical (unpaired) electrons. The number of nitro benzene ring substituents is 1. The highest BCUT2D eigenvalue weighted by molar-refractivity contribution is 5.82. The van der Waals surface area contributed by atoms with Gasteiger partial charge >= 0.3 is 0 Å². The number of nitrogens with one attached hydrogen (secondary N) is 2. The van der Waals surface area contributed by atoms with Gasteiger partial charge in [-0.3, -0.25) is 14.9 Å². The van der Waals surface area contributed by atoms with Crippen LogP contribution in [0.3, 0.4) is 0 Å². The molecule has 2 atom stereocenters. The molecule has 0 bridgehead atoms. The summed E-state index contributed by atoms with van der Waals surface area (Å²) >= 11 is 0. The maximum absolute atomic E-state index is 11.9. The van der Waals surface area contributed by atoms with Crippen molar-refractivity contribution in [1.82, 2.24) is 10.6 Å². The van der Waals surface area contributed by atoms with Gasteiger partial charge in [0.25, 0.3) is 5.69 Å². The highest BCUT2D eigenvalue weighted by Crippen LogP contribution is 2.19. The Morgan fingerprint density at radius 2 is 2.37 bits per heavy atom. The van der Waals surface area contributed by atoms with Gasteiger partial charge in [-0.25, -0.2) is 0 Å². The molecule has 1 unspecified atom stereocenters. The highest BCUT2D eigenvalue weighted by Gasteiger charge is 2.23. The molecular formula is C13H17N3O3. The normalized spacial score (nSPS) is 19.9. The number of hydrogen-bond acceptors (Lipinski definition) is 4. The molecule has 0 saturated carbocycles. The second-order valence-corrected chi connectivity index (χ2v) is 4.73. The monoisotopic (exact) mass is 263 g/mol. The predicted octanol–water partition coefficient (Wildman–Crippen LogP) is 1.52. The minimum Gasteiger partial charge on any atom is -0.348 e. The SMILES string of the molecule is CC(NC(=O)[C@H]1CCCN1)c1cccc([N+](=O)[O-])c1. The van der Waals surface area contributed by atoms with Crippen molar-refractivity contribution in [2.24, 2.45) is 0 Å². The summed E-state index contributed by atoms with van der Waals surface area (Å²) in [5.41, 5.74) is 0.776. The Balaban J connectivity index is 2.02. The van der Waals surface area contributed by atoms with E-state index in [2.05, 4.69) is 10.6 Å². The lowest BCUT2D eigenvalue weighted by molar-refractivity contribution is -0.384. The number of nitrogens with zero attached hydrogens (tertiary/aromatic N) is 1. The molecule has 6 nitrogen and oxygen atoms in total. The number of amides is 1. The zero-order valence-corrected chi connectivity index (χ0v) is 10.8. The lowest BCUT2D eigenvalue weighted by Crippen LogP contribution is -2.41. The summed E-state index contributed by atoms with van der Waals surface area (Å²) in [4.78, 5) is 22.2. The molecule has 1 fully saturated rings. The molecule has 1 saturated heterocycles. The minimum absolute atomic E-state index is 0.0394. The maximum Gasteiger partial charge on any atom is 0.269 e. The van der Waals surface area contributed by atoms with E-state index in [0.717, 1.165) is 24.9 Å². The number of carbonyl (C=O) groups excluding carboxylic acids is 1. The number of non-ortho nitro benzene ring substituents is 1. The summed E-state index contributed by atoms with van der Waals surface area (Å²) in [6.07, 6.45) is 1.84. The van der Waals surface area contributed by atoms with Crippen LogP contribution in [-0.4, -0.2) is 23.4 Å². The lowest BCUT2D eigenvalue weighted by atomic mass is 10.1. The van der Waals surface area contributed by atoms with E-state index in [-0.39, 0.29) is 23.7 Å². The fourth-order valence-corrected chi connectivity index (χ4v) is 2.21. The summed E-state index contributed by atoms with van der Waals surface area (Å²) in [5, 5.41) is 16.7. The minimum atomic E-state index is -0.434. The number of benzene rings is 1. The quantitative estimate of drug-likeness (QED) is 0.637. The molecule has 19 heavy (non-hydrogen) atoms. The largest absolute Gasteiger partial charge is 0.348 e. The standard InChI is InChI=1S/C13H17N3O3/c1-9(15-13(17)12-6-3-7-14-12)10-4-2-5-11(8-10)16(18)19/h2,4-5,8-9,12,14H,3,6-7H2,1H3,(H,15,17)/t9?,12-/m1/s1. The van der Waals surface area contributed by atoms with Crippen LogP contribution in [0.25, 0.3) is 0 Å². The van der Waals surface area contributed by atoms with Crippen molar-refractivity contribution in [3.8, 4) is 0 Å². The Morgan fingerprint density at radius 3 is 3.00 bits per heavy atom. The molecule has 1 amide bonds. The Labute approximate surface area is 111 Å². The zero-order chi connectivity index (χ0) is 13.8. The number of nitro groups is 1. The van der Waals surface area contributed by atoms with Gasteiger partial charge in [0.1, 0.15) is 0 Å². The van der Waals surface area contributed by atoms with Crippen molar-refractivity contribution in [2.75, 3.05) is 6.54 Å². The molecule has 2 rings (SSSR count). The van der Waals surface area contributed by atoms with E-state index >= 15 is 0 Å². The van der Waals surface area contributed by atoms with Crippen LogP contribution < -0.4 is 10.6 Å². The molecular weight excluding hydrogens is 246 g/mol. The summed E-state index contributed by atoms with van der Waals surface area (Å²) in [6.45, 7) is 2.69. The first kappa shape index (κ1) is 13.5. The van der Waals surface area contributed by atoms with E-state index in [4.69, 9.17) is 0 Å². The van der Waals surface area contributed by atoms with Gasteiger partial charge in [0.2, 0.25) is 5.91 Å². The van der Waals surface area contributed by atoms with Gasteiger partial charge in [-0.15, -0.1) is 0 Å². The molecule has 102 valence electrons. The third kappa shape index (κ3) is 3.29. The lowest BCUT2D eigenvalue weighted by Gasteiger charge is -2.17. The Morgan fingerprint density at radius 1 is 1.58 bits per heavy atom. The second kappa shape index (κ2) is 5.79. The van der Waals surface area contributed by atoms with Crippen LogP contribution >= 0.6 is 0 Å². The number of rotatable bonds is 4. The van der Waals surface area contributed by atoms with Crippen LogP contribution in [0.2, 0.25) is 0 Å². The average molecular weight is 263 g/mol. The van der Waals surface area contributed by atoms with Gasteiger partial charge in [-0.05, 0) is 31.9 Å². The third-order valence-corrected chi connectivity index (χ3v) is 3.32. The number of hydrogen-bond donors (Lipinski definition) is 2. The van der Waals surface area contributed by atoms with E-state index < -0.39 is 4.92 Å². The van der Waals surface area contributed by atoms with Crippen molar-refractivity contribution in [3.05, 3.63) is 39.9 Å². The molecule has 1 heterocycles. The fraction of sp³-hybridized carbons (Fsp3) is 0.462. The first-order valence-corrected chi connectivity index (χ1v) is 6.36. The van der Waals surface area contributed by atoms with Gasteiger partial charge in [0.05, 0.1) is 17.0 Å². The van der Waals surface area contributed by atoms with E-state index in [1.807, 2.05) is 6.92 Å². The van der Waals surface area contributed by atoms with Crippen LogP contribution in [0.15, 0.2) is 24.3 Å². The van der Waals surface area contributed by atoms with E-state index in [0.29, 0.717) is 0 Å². The summed E-state index contributed by atoms with van der Waals surface area (Å²) in [5.74, 6) is -0.0449. The highest BCUT2D eigenvalue weighted by atomic mass is 16.6. The molecule has 1 aliphatic rings. The molecule has 0 aliphatic carbocycles. The van der Waals surface area contributed by atoms with Gasteiger partial charge in [0.15, 0.2) is 0 Å². The summed E-state index contributed by atoms with van der Waals surface area (Å²) in [7, 11) is 0. The molecule has 1 aliphatic heterocycles. The van der Waals surface area contributed by atoms with Crippen LogP contribution in [0.1, 0.15) is 31.4 Å². The van der Waals surface area contributed by atoms with E-state index in [9.17, 15) is 14.9 Å². The first-order chi connectivity index (χ1) is 9.08. The molecule has 0 spiro atoms. The fourth-order valence-electron chi connectivity index (χ4n) is 2.21. The number of carbonyl (C=O) groups is 1. The van der Waals surface area contributed by atoms with Gasteiger partial charge in [-0.1, -0.05) is 12.1 Å². The second-order valence-electron chi connectivity index (χ2n) is 4.73. The van der Waals surface area contributed by atoms with Gasteiger partial charge < -0.3 is 10.6 Å². The van der Waals surface area contributed by atoms with Crippen LogP contribution in [0, 0.1) is 10.1 Å². The third-order valence-electron chi connectivity index (χ3n) is 3.32. The smallest absolute Gasteiger partial charge is 0.269 e. The van der Waals surface area contributed by atoms with E-state index in [1.165, 1.54) is 12.1 Å². The molecule has 0 aromatic heterocycles. The van der Waals surface area contributed by atoms with Crippen LogP contribution in [-0.2, 0) is 4.79 Å². The summed E-state index contributed by atoms with van der Waals surface area (Å²) in [6, 6.07) is 5.96. The van der Waals surface area contributed by atoms with E-state index in [1.54, 1.807) is 12.1 Å². The van der Waals surface area contributed by atoms with Crippen molar-refractivity contribution in [3.63, 3.8) is 0 Å². The predicted molar refractivity (Wildman–Crippen MR) is 70.7 cm³/mol. The van der Waals surface area contributed by atoms with Crippen molar-refractivity contribution >= 4 is 11.6 Å². The molecule has 2 N–H and O–H groups in total. The molecule has 1 aromatic rings. The molecule has 6 heteroatoms. The van der Waals surface area contributed by atoms with Crippen LogP contribution in [0.4, 0.5) is 5.69 Å². The zero-order valence-electron chi connectivity index (χ0n) is 10.8. The van der Waals surface area contributed by atoms with Crippen molar-refractivity contribution in [2.45, 2.75) is 31.8 Å². The Hall–Kier alpha value is -1.95. The van der Waals surface area contributed by atoms with Crippen LogP contribution in [0.5, 0.6) is 0 Å². The molecule has 1 aromatic carbocycles. The van der Waals surface area contributed by atoms with Crippen molar-refractivity contribution < 1.29 is 9.72 Å². The Kier molecular flexibility index (Phi) is 4.11. The maximum atomic E-state index is 11.9. The Bertz CT molecular complexity index is 484.